The topological polar surface area (TPSA) is 216 Å². The zero-order valence-corrected chi connectivity index (χ0v) is 33.9. The SMILES string of the molecule is CC(=O)OCC(OC(OC(c1ccccc1)c1ccc(NC(=O)CC(C)(C)C2=C(C)C(=O)C(C)=C(C)C2=O)cc1)[C@@H](COC(C)=O)NC(=O)CN)[C@H](C)OC(C)=O. The number of nitrogens with one attached hydrogen (secondary N) is 2. The van der Waals surface area contributed by atoms with Crippen molar-refractivity contribution in [1.29, 1.82) is 0 Å². The van der Waals surface area contributed by atoms with Crippen LogP contribution in [0, 0.1) is 5.41 Å². The second kappa shape index (κ2) is 20.6. The Labute approximate surface area is 332 Å². The van der Waals surface area contributed by atoms with Crippen LogP contribution in [0.4, 0.5) is 5.69 Å². The van der Waals surface area contributed by atoms with Crippen molar-refractivity contribution in [2.24, 2.45) is 11.1 Å². The summed E-state index contributed by atoms with van der Waals surface area (Å²) in [6.45, 7) is 12.3. The van der Waals surface area contributed by atoms with Gasteiger partial charge in [-0.3, -0.25) is 33.6 Å². The fourth-order valence-corrected chi connectivity index (χ4v) is 6.33. The Bertz CT molecular complexity index is 1880. The van der Waals surface area contributed by atoms with E-state index in [9.17, 15) is 33.6 Å². The molecule has 1 aliphatic rings. The maximum Gasteiger partial charge on any atom is 0.302 e. The van der Waals surface area contributed by atoms with E-state index in [1.165, 1.54) is 27.7 Å². The number of nitrogens with two attached hydrogens (primary N) is 1. The molecule has 5 atom stereocenters. The molecule has 15 nitrogen and oxygen atoms in total. The van der Waals surface area contributed by atoms with Gasteiger partial charge >= 0.3 is 17.9 Å². The highest BCUT2D eigenvalue weighted by Gasteiger charge is 2.39. The first kappa shape index (κ1) is 45.9. The molecule has 0 saturated heterocycles. The molecule has 308 valence electrons. The molecule has 15 heteroatoms. The Kier molecular flexibility index (Phi) is 16.6. The van der Waals surface area contributed by atoms with E-state index in [1.54, 1.807) is 83.1 Å². The first-order valence-corrected chi connectivity index (χ1v) is 18.4. The average Bonchev–Trinajstić information content (AvgIpc) is 3.14. The van der Waals surface area contributed by atoms with E-state index in [-0.39, 0.29) is 30.5 Å². The zero-order valence-electron chi connectivity index (χ0n) is 33.9. The fraction of sp³-hybridized carbons (Fsp3) is 0.452. The third kappa shape index (κ3) is 13.0. The van der Waals surface area contributed by atoms with Gasteiger partial charge in [-0.25, -0.2) is 0 Å². The molecule has 0 saturated carbocycles. The Morgan fingerprint density at radius 3 is 1.84 bits per heavy atom. The van der Waals surface area contributed by atoms with E-state index < -0.39 is 73.0 Å². The Morgan fingerprint density at radius 2 is 1.28 bits per heavy atom. The molecule has 0 spiro atoms. The molecule has 0 bridgehead atoms. The summed E-state index contributed by atoms with van der Waals surface area (Å²) in [4.78, 5) is 87.8. The van der Waals surface area contributed by atoms with Gasteiger partial charge in [0.05, 0.1) is 6.54 Å². The van der Waals surface area contributed by atoms with Crippen LogP contribution in [0.15, 0.2) is 76.9 Å². The van der Waals surface area contributed by atoms with Crippen LogP contribution < -0.4 is 16.4 Å². The zero-order chi connectivity index (χ0) is 42.6. The van der Waals surface area contributed by atoms with Gasteiger partial charge in [-0.05, 0) is 51.0 Å². The number of hydrogen-bond donors (Lipinski definition) is 3. The predicted molar refractivity (Wildman–Crippen MR) is 208 cm³/mol. The molecule has 3 unspecified atom stereocenters. The first-order chi connectivity index (χ1) is 26.7. The highest BCUT2D eigenvalue weighted by Crippen LogP contribution is 2.39. The summed E-state index contributed by atoms with van der Waals surface area (Å²) in [7, 11) is 0. The predicted octanol–water partition coefficient (Wildman–Crippen LogP) is 4.18. The lowest BCUT2D eigenvalue weighted by Crippen LogP contribution is -2.53. The van der Waals surface area contributed by atoms with Crippen LogP contribution in [0.25, 0.3) is 0 Å². The quantitative estimate of drug-likeness (QED) is 0.0789. The van der Waals surface area contributed by atoms with Gasteiger partial charge < -0.3 is 40.1 Å². The minimum absolute atomic E-state index is 0.0833. The Balaban J connectivity index is 2.00. The number of ether oxygens (including phenoxy) is 5. The van der Waals surface area contributed by atoms with Gasteiger partial charge in [0.25, 0.3) is 0 Å². The molecule has 1 aliphatic carbocycles. The molecule has 4 N–H and O–H groups in total. The third-order valence-corrected chi connectivity index (χ3v) is 9.30. The maximum atomic E-state index is 13.4. The number of hydrogen-bond acceptors (Lipinski definition) is 13. The second-order valence-corrected chi connectivity index (χ2v) is 14.4. The number of allylic oxidation sites excluding steroid dienone is 4. The Morgan fingerprint density at radius 1 is 0.719 bits per heavy atom. The van der Waals surface area contributed by atoms with E-state index in [1.807, 2.05) is 6.07 Å². The molecule has 0 aliphatic heterocycles. The number of ketones is 2. The maximum absolute atomic E-state index is 13.4. The lowest BCUT2D eigenvalue weighted by atomic mass is 9.71. The van der Waals surface area contributed by atoms with Crippen LogP contribution in [-0.4, -0.2) is 85.6 Å². The molecule has 2 aromatic rings. The smallest absolute Gasteiger partial charge is 0.302 e. The molecule has 0 fully saturated rings. The van der Waals surface area contributed by atoms with Crippen molar-refractivity contribution >= 4 is 47.0 Å². The largest absolute Gasteiger partial charge is 0.463 e. The first-order valence-electron chi connectivity index (χ1n) is 18.4. The summed E-state index contributed by atoms with van der Waals surface area (Å²) >= 11 is 0. The number of rotatable bonds is 19. The number of carbonyl (C=O) groups is 7. The van der Waals surface area contributed by atoms with Crippen LogP contribution in [0.5, 0.6) is 0 Å². The molecular weight excluding hydrogens is 738 g/mol. The molecular formula is C42H53N3O12. The Hall–Kier alpha value is -5.51. The summed E-state index contributed by atoms with van der Waals surface area (Å²) in [5.41, 5.74) is 7.71. The van der Waals surface area contributed by atoms with E-state index in [0.717, 1.165) is 0 Å². The number of esters is 3. The van der Waals surface area contributed by atoms with Gasteiger partial charge in [0.15, 0.2) is 17.9 Å². The van der Waals surface area contributed by atoms with Gasteiger partial charge in [-0.2, -0.15) is 0 Å². The number of anilines is 1. The molecule has 3 rings (SSSR count). The lowest BCUT2D eigenvalue weighted by molar-refractivity contribution is -0.234. The summed E-state index contributed by atoms with van der Waals surface area (Å²) in [5, 5.41) is 5.54. The normalized spacial score (nSPS) is 15.9. The van der Waals surface area contributed by atoms with Gasteiger partial charge in [-0.15, -0.1) is 0 Å². The van der Waals surface area contributed by atoms with Crippen LogP contribution in [0.3, 0.4) is 0 Å². The highest BCUT2D eigenvalue weighted by atomic mass is 16.7. The van der Waals surface area contributed by atoms with Crippen molar-refractivity contribution in [3.8, 4) is 0 Å². The average molecular weight is 792 g/mol. The van der Waals surface area contributed by atoms with Crippen molar-refractivity contribution in [2.75, 3.05) is 25.1 Å². The molecule has 0 heterocycles. The highest BCUT2D eigenvalue weighted by molar-refractivity contribution is 6.25. The molecule has 2 amide bonds. The summed E-state index contributed by atoms with van der Waals surface area (Å²) in [6, 6.07) is 14.5. The van der Waals surface area contributed by atoms with E-state index >= 15 is 0 Å². The van der Waals surface area contributed by atoms with Gasteiger partial charge in [0.1, 0.15) is 37.6 Å². The molecule has 57 heavy (non-hydrogen) atoms. The van der Waals surface area contributed by atoms with Gasteiger partial charge in [0.2, 0.25) is 11.8 Å². The van der Waals surface area contributed by atoms with Crippen molar-refractivity contribution < 1.29 is 57.2 Å². The lowest BCUT2D eigenvalue weighted by Gasteiger charge is -2.35. The fourth-order valence-electron chi connectivity index (χ4n) is 6.33. The number of benzene rings is 2. The number of carbonyl (C=O) groups excluding carboxylic acids is 7. The van der Waals surface area contributed by atoms with E-state index in [2.05, 4.69) is 10.6 Å². The van der Waals surface area contributed by atoms with Crippen molar-refractivity contribution in [1.82, 2.24) is 5.32 Å². The minimum Gasteiger partial charge on any atom is -0.463 e. The summed E-state index contributed by atoms with van der Waals surface area (Å²) < 4.78 is 28.9. The monoisotopic (exact) mass is 791 g/mol. The van der Waals surface area contributed by atoms with Crippen molar-refractivity contribution in [3.63, 3.8) is 0 Å². The van der Waals surface area contributed by atoms with Crippen LogP contribution in [0.1, 0.15) is 86.0 Å². The van der Waals surface area contributed by atoms with Gasteiger partial charge in [-0.1, -0.05) is 56.3 Å². The van der Waals surface area contributed by atoms with Gasteiger partial charge in [0, 0.05) is 60.6 Å². The van der Waals surface area contributed by atoms with Crippen molar-refractivity contribution in [2.45, 2.75) is 99.4 Å². The van der Waals surface area contributed by atoms with Crippen molar-refractivity contribution in [3.05, 3.63) is 88.0 Å². The van der Waals surface area contributed by atoms with Crippen LogP contribution >= 0.6 is 0 Å². The molecule has 0 aromatic heterocycles. The molecule has 2 aromatic carbocycles. The van der Waals surface area contributed by atoms with E-state index in [0.29, 0.717) is 39.1 Å². The van der Waals surface area contributed by atoms with E-state index in [4.69, 9.17) is 29.4 Å². The second-order valence-electron chi connectivity index (χ2n) is 14.4. The standard InChI is InChI=1S/C42H53N3O12/c1-23-24(2)39(52)37(25(3)38(23)51)42(8,9)19-35(49)44-32-17-15-31(16-18-32)40(30-13-11-10-12-14-30)57-41(33(21-53-27(5)46)45-36(50)20-43)56-34(22-54-28(6)47)26(4)55-29(7)48/h10-18,26,33-34,40-41H,19-22,43H2,1-9H3,(H,44,49)(H,45,50)/t26-,33+,34?,40?,41?/m0/s1. The number of Topliss-reactive ketones (excluding diaryl/α,β-unsaturated/α-hetero) is 2. The van der Waals surface area contributed by atoms with Crippen LogP contribution in [-0.2, 0) is 57.2 Å². The van der Waals surface area contributed by atoms with Crippen LogP contribution in [0.2, 0.25) is 0 Å². The summed E-state index contributed by atoms with van der Waals surface area (Å²) in [5.74, 6) is -3.39. The molecule has 0 radical (unpaired) electrons. The number of amides is 2. The third-order valence-electron chi connectivity index (χ3n) is 9.30. The minimum atomic E-state index is -1.44. The summed E-state index contributed by atoms with van der Waals surface area (Å²) in [6.07, 6.45) is -4.55.